The third-order valence-electron chi connectivity index (χ3n) is 2.63. The minimum absolute atomic E-state index is 0.0453. The number of nitro groups is 1. The number of anilines is 1. The Morgan fingerprint density at radius 3 is 2.19 bits per heavy atom. The summed E-state index contributed by atoms with van der Waals surface area (Å²) in [5, 5.41) is 13.6. The van der Waals surface area contributed by atoms with Gasteiger partial charge in [0.1, 0.15) is 11.6 Å². The maximum absolute atomic E-state index is 13.3. The summed E-state index contributed by atoms with van der Waals surface area (Å²) in [6.07, 6.45) is 0. The van der Waals surface area contributed by atoms with Crippen LogP contribution in [0.15, 0.2) is 30.3 Å². The van der Waals surface area contributed by atoms with Crippen LogP contribution in [0.25, 0.3) is 0 Å². The highest BCUT2D eigenvalue weighted by molar-refractivity contribution is 6.39. The summed E-state index contributed by atoms with van der Waals surface area (Å²) in [5.41, 5.74) is 0.243. The molecule has 0 aliphatic heterocycles. The molecule has 0 radical (unpaired) electrons. The Morgan fingerprint density at radius 2 is 1.62 bits per heavy atom. The number of nitro benzene ring substituents is 1. The fraction of sp³-hybridized carbons (Fsp3) is 0.0769. The molecule has 2 aromatic rings. The van der Waals surface area contributed by atoms with Gasteiger partial charge in [-0.1, -0.05) is 23.2 Å². The molecule has 0 saturated carbocycles. The first-order valence-electron chi connectivity index (χ1n) is 5.69. The molecule has 2 aromatic carbocycles. The lowest BCUT2D eigenvalue weighted by Crippen LogP contribution is -2.02. The van der Waals surface area contributed by atoms with E-state index in [1.807, 2.05) is 0 Å². The Morgan fingerprint density at radius 1 is 1.05 bits per heavy atom. The van der Waals surface area contributed by atoms with Gasteiger partial charge in [-0.3, -0.25) is 10.1 Å². The normalized spacial score (nSPS) is 10.5. The van der Waals surface area contributed by atoms with E-state index in [9.17, 15) is 18.9 Å². The molecule has 0 aliphatic carbocycles. The molecule has 0 saturated heterocycles. The van der Waals surface area contributed by atoms with Gasteiger partial charge in [0, 0.05) is 12.6 Å². The Hall–Kier alpha value is -1.92. The molecule has 8 heteroatoms. The number of hydrogen-bond donors (Lipinski definition) is 1. The second kappa shape index (κ2) is 6.24. The van der Waals surface area contributed by atoms with Gasteiger partial charge in [-0.05, 0) is 23.8 Å². The first-order chi connectivity index (χ1) is 9.86. The fourth-order valence-electron chi connectivity index (χ4n) is 1.74. The number of non-ortho nitro benzene ring substituents is 1. The molecule has 0 spiro atoms. The maximum Gasteiger partial charge on any atom is 0.272 e. The van der Waals surface area contributed by atoms with E-state index in [1.165, 1.54) is 6.07 Å². The number of benzene rings is 2. The molecule has 0 aliphatic rings. The van der Waals surface area contributed by atoms with Gasteiger partial charge in [0.15, 0.2) is 0 Å². The summed E-state index contributed by atoms with van der Waals surface area (Å²) in [6.45, 7) is 0.0453. The molecule has 0 aromatic heterocycles. The van der Waals surface area contributed by atoms with Crippen LogP contribution in [0.1, 0.15) is 5.56 Å². The second-order valence-electron chi connectivity index (χ2n) is 4.17. The van der Waals surface area contributed by atoms with E-state index in [-0.39, 0.29) is 28.0 Å². The summed E-state index contributed by atoms with van der Waals surface area (Å²) in [7, 11) is 0. The van der Waals surface area contributed by atoms with Crippen LogP contribution in [0, 0.1) is 21.7 Å². The summed E-state index contributed by atoms with van der Waals surface area (Å²) < 4.78 is 26.3. The Kier molecular flexibility index (Phi) is 4.59. The first-order valence-corrected chi connectivity index (χ1v) is 6.44. The van der Waals surface area contributed by atoms with Gasteiger partial charge >= 0.3 is 0 Å². The van der Waals surface area contributed by atoms with Crippen molar-refractivity contribution in [1.82, 2.24) is 0 Å². The molecular formula is C13H8Cl2F2N2O2. The first kappa shape index (κ1) is 15.5. The van der Waals surface area contributed by atoms with E-state index < -0.39 is 16.6 Å². The minimum Gasteiger partial charge on any atom is -0.379 e. The van der Waals surface area contributed by atoms with Gasteiger partial charge in [-0.15, -0.1) is 0 Å². The monoisotopic (exact) mass is 332 g/mol. The lowest BCUT2D eigenvalue weighted by atomic mass is 10.2. The van der Waals surface area contributed by atoms with Crippen LogP contribution in [-0.4, -0.2) is 4.92 Å². The van der Waals surface area contributed by atoms with Gasteiger partial charge in [0.05, 0.1) is 26.7 Å². The largest absolute Gasteiger partial charge is 0.379 e. The molecule has 110 valence electrons. The number of hydrogen-bond acceptors (Lipinski definition) is 3. The van der Waals surface area contributed by atoms with E-state index in [0.29, 0.717) is 5.56 Å². The lowest BCUT2D eigenvalue weighted by Gasteiger charge is -2.10. The Bertz CT molecular complexity index is 688. The van der Waals surface area contributed by atoms with Crippen LogP contribution in [0.5, 0.6) is 0 Å². The van der Waals surface area contributed by atoms with Crippen LogP contribution < -0.4 is 5.32 Å². The zero-order chi connectivity index (χ0) is 15.6. The van der Waals surface area contributed by atoms with Gasteiger partial charge < -0.3 is 5.32 Å². The highest BCUT2D eigenvalue weighted by atomic mass is 35.5. The van der Waals surface area contributed by atoms with Crippen LogP contribution in [0.4, 0.5) is 20.2 Å². The molecule has 0 heterocycles. The smallest absolute Gasteiger partial charge is 0.272 e. The van der Waals surface area contributed by atoms with Crippen molar-refractivity contribution >= 4 is 34.6 Å². The van der Waals surface area contributed by atoms with Crippen molar-refractivity contribution in [2.45, 2.75) is 6.54 Å². The predicted octanol–water partition coefficient (Wildman–Crippen LogP) is 4.79. The van der Waals surface area contributed by atoms with E-state index >= 15 is 0 Å². The molecule has 0 fully saturated rings. The molecule has 0 atom stereocenters. The average Bonchev–Trinajstić information content (AvgIpc) is 2.36. The SMILES string of the molecule is O=[N+]([O-])c1cc(F)cc(CNc2c(Cl)cc(F)cc2Cl)c1. The van der Waals surface area contributed by atoms with Crippen LogP contribution >= 0.6 is 23.2 Å². The molecule has 21 heavy (non-hydrogen) atoms. The van der Waals surface area contributed by atoms with Crippen LogP contribution in [0.3, 0.4) is 0 Å². The molecule has 2 rings (SSSR count). The summed E-state index contributed by atoms with van der Waals surface area (Å²) >= 11 is 11.7. The number of halogens is 4. The zero-order valence-corrected chi connectivity index (χ0v) is 11.9. The van der Waals surface area contributed by atoms with Gasteiger partial charge in [-0.25, -0.2) is 8.78 Å². The van der Waals surface area contributed by atoms with Crippen molar-refractivity contribution in [1.29, 1.82) is 0 Å². The molecule has 0 amide bonds. The van der Waals surface area contributed by atoms with E-state index in [4.69, 9.17) is 23.2 Å². The van der Waals surface area contributed by atoms with Crippen molar-refractivity contribution in [3.05, 3.63) is 67.7 Å². The van der Waals surface area contributed by atoms with Crippen molar-refractivity contribution in [3.8, 4) is 0 Å². The molecule has 1 N–H and O–H groups in total. The standard InChI is InChI=1S/C13H8Cl2F2N2O2/c14-11-4-9(17)5-12(15)13(11)18-6-7-1-8(16)3-10(2-7)19(20)21/h1-5,18H,6H2. The summed E-state index contributed by atoms with van der Waals surface area (Å²) in [6, 6.07) is 5.34. The van der Waals surface area contributed by atoms with E-state index in [1.54, 1.807) is 0 Å². The summed E-state index contributed by atoms with van der Waals surface area (Å²) in [5.74, 6) is -1.31. The minimum atomic E-state index is -0.725. The summed E-state index contributed by atoms with van der Waals surface area (Å²) in [4.78, 5) is 9.97. The molecular weight excluding hydrogens is 325 g/mol. The topological polar surface area (TPSA) is 55.2 Å². The third kappa shape index (κ3) is 3.80. The molecule has 0 bridgehead atoms. The van der Waals surface area contributed by atoms with Crippen molar-refractivity contribution in [2.24, 2.45) is 0 Å². The zero-order valence-electron chi connectivity index (χ0n) is 10.4. The average molecular weight is 333 g/mol. The maximum atomic E-state index is 13.3. The second-order valence-corrected chi connectivity index (χ2v) is 4.99. The Labute approximate surface area is 128 Å². The van der Waals surface area contributed by atoms with Gasteiger partial charge in [-0.2, -0.15) is 0 Å². The quantitative estimate of drug-likeness (QED) is 0.646. The number of nitrogens with zero attached hydrogens (tertiary/aromatic N) is 1. The highest BCUT2D eigenvalue weighted by Gasteiger charge is 2.12. The highest BCUT2D eigenvalue weighted by Crippen LogP contribution is 2.32. The van der Waals surface area contributed by atoms with Crippen molar-refractivity contribution in [3.63, 3.8) is 0 Å². The van der Waals surface area contributed by atoms with E-state index in [2.05, 4.69) is 5.32 Å². The lowest BCUT2D eigenvalue weighted by molar-refractivity contribution is -0.385. The fourth-order valence-corrected chi connectivity index (χ4v) is 2.34. The van der Waals surface area contributed by atoms with Crippen molar-refractivity contribution < 1.29 is 13.7 Å². The van der Waals surface area contributed by atoms with Crippen molar-refractivity contribution in [2.75, 3.05) is 5.32 Å². The third-order valence-corrected chi connectivity index (χ3v) is 3.23. The molecule has 4 nitrogen and oxygen atoms in total. The number of nitrogens with one attached hydrogen (secondary N) is 1. The van der Waals surface area contributed by atoms with Crippen LogP contribution in [-0.2, 0) is 6.54 Å². The predicted molar refractivity (Wildman–Crippen MR) is 76.8 cm³/mol. The van der Waals surface area contributed by atoms with Gasteiger partial charge in [0.25, 0.3) is 5.69 Å². The molecule has 0 unspecified atom stereocenters. The van der Waals surface area contributed by atoms with Gasteiger partial charge in [0.2, 0.25) is 0 Å². The number of rotatable bonds is 4. The van der Waals surface area contributed by atoms with Crippen LogP contribution in [0.2, 0.25) is 10.0 Å². The van der Waals surface area contributed by atoms with E-state index in [0.717, 1.165) is 24.3 Å². The Balaban J connectivity index is 2.23.